The Kier molecular flexibility index (Phi) is 7.91. The summed E-state index contributed by atoms with van der Waals surface area (Å²) >= 11 is 0. The van der Waals surface area contributed by atoms with Crippen molar-refractivity contribution < 1.29 is 9.53 Å². The second-order valence-corrected chi connectivity index (χ2v) is 4.32. The fourth-order valence-corrected chi connectivity index (χ4v) is 2.08. The molecule has 0 radical (unpaired) electrons. The van der Waals surface area contributed by atoms with Gasteiger partial charge < -0.3 is 14.4 Å². The largest absolute Gasteiger partial charge is 0.378 e. The summed E-state index contributed by atoms with van der Waals surface area (Å²) < 4.78 is 5.34. The van der Waals surface area contributed by atoms with Crippen LogP contribution in [-0.4, -0.2) is 32.6 Å². The number of morpholine rings is 1. The summed E-state index contributed by atoms with van der Waals surface area (Å²) in [6.45, 7) is 7.59. The molecule has 0 N–H and O–H groups in total. The van der Waals surface area contributed by atoms with Gasteiger partial charge in [0.1, 0.15) is 6.29 Å². The maximum absolute atomic E-state index is 10.2. The Bertz CT molecular complexity index is 342. The van der Waals surface area contributed by atoms with Crippen LogP contribution in [0.1, 0.15) is 32.3 Å². The molecule has 1 fully saturated rings. The summed E-state index contributed by atoms with van der Waals surface area (Å²) in [6.07, 6.45) is 3.58. The number of anilines is 1. The zero-order chi connectivity index (χ0) is 13.9. The van der Waals surface area contributed by atoms with Crippen LogP contribution in [0.5, 0.6) is 0 Å². The van der Waals surface area contributed by atoms with E-state index < -0.39 is 0 Å². The van der Waals surface area contributed by atoms with Crippen LogP contribution in [0.25, 0.3) is 0 Å². The smallest absolute Gasteiger partial charge is 0.120 e. The van der Waals surface area contributed by atoms with Crippen LogP contribution >= 0.6 is 0 Å². The summed E-state index contributed by atoms with van der Waals surface area (Å²) in [5, 5.41) is 0. The Morgan fingerprint density at radius 2 is 1.79 bits per heavy atom. The molecule has 19 heavy (non-hydrogen) atoms. The predicted molar refractivity (Wildman–Crippen MR) is 79.8 cm³/mol. The molecule has 2 rings (SSSR count). The Morgan fingerprint density at radius 3 is 2.37 bits per heavy atom. The van der Waals surface area contributed by atoms with Crippen LogP contribution in [0.3, 0.4) is 0 Å². The first-order valence-corrected chi connectivity index (χ1v) is 7.25. The third-order valence-electron chi connectivity index (χ3n) is 3.10. The zero-order valence-corrected chi connectivity index (χ0v) is 12.1. The van der Waals surface area contributed by atoms with Crippen molar-refractivity contribution >= 4 is 12.0 Å². The van der Waals surface area contributed by atoms with Gasteiger partial charge in [0.15, 0.2) is 0 Å². The van der Waals surface area contributed by atoms with Gasteiger partial charge in [-0.1, -0.05) is 26.0 Å². The summed E-state index contributed by atoms with van der Waals surface area (Å²) in [5.74, 6) is 0. The molecule has 1 heterocycles. The SMILES string of the molecule is CC.O=CCCCc1ccc(N2CCOCC2)cc1. The van der Waals surface area contributed by atoms with Crippen LogP contribution in [0.15, 0.2) is 24.3 Å². The third-order valence-corrected chi connectivity index (χ3v) is 3.10. The monoisotopic (exact) mass is 263 g/mol. The van der Waals surface area contributed by atoms with E-state index in [-0.39, 0.29) is 0 Å². The first kappa shape index (κ1) is 15.7. The summed E-state index contributed by atoms with van der Waals surface area (Å²) in [4.78, 5) is 12.6. The molecule has 0 aromatic heterocycles. The van der Waals surface area contributed by atoms with Gasteiger partial charge in [-0.2, -0.15) is 0 Å². The van der Waals surface area contributed by atoms with Gasteiger partial charge in [-0.05, 0) is 30.5 Å². The molecule has 3 nitrogen and oxygen atoms in total. The fraction of sp³-hybridized carbons (Fsp3) is 0.562. The molecule has 0 bridgehead atoms. The van der Waals surface area contributed by atoms with E-state index in [0.29, 0.717) is 6.42 Å². The fourth-order valence-electron chi connectivity index (χ4n) is 2.08. The third kappa shape index (κ3) is 5.43. The molecule has 0 amide bonds. The number of hydrogen-bond donors (Lipinski definition) is 0. The number of rotatable bonds is 5. The molecule has 1 aliphatic rings. The van der Waals surface area contributed by atoms with Gasteiger partial charge in [0, 0.05) is 25.2 Å². The highest BCUT2D eigenvalue weighted by Crippen LogP contribution is 2.17. The van der Waals surface area contributed by atoms with E-state index in [1.54, 1.807) is 0 Å². The quantitative estimate of drug-likeness (QED) is 0.604. The van der Waals surface area contributed by atoms with Crippen molar-refractivity contribution in [3.63, 3.8) is 0 Å². The standard InChI is InChI=1S/C14H19NO2.C2H6/c16-10-2-1-3-13-4-6-14(7-5-13)15-8-11-17-12-9-15;1-2/h4-7,10H,1-3,8-9,11-12H2;1-2H3. The van der Waals surface area contributed by atoms with Crippen molar-refractivity contribution in [3.8, 4) is 0 Å². The van der Waals surface area contributed by atoms with E-state index in [0.717, 1.165) is 45.4 Å². The highest BCUT2D eigenvalue weighted by atomic mass is 16.5. The van der Waals surface area contributed by atoms with E-state index in [1.165, 1.54) is 11.3 Å². The number of benzene rings is 1. The van der Waals surface area contributed by atoms with Gasteiger partial charge in [0.05, 0.1) is 13.2 Å². The van der Waals surface area contributed by atoms with Gasteiger partial charge in [0.25, 0.3) is 0 Å². The minimum absolute atomic E-state index is 0.658. The number of carbonyl (C=O) groups excluding carboxylic acids is 1. The summed E-state index contributed by atoms with van der Waals surface area (Å²) in [6, 6.07) is 8.66. The van der Waals surface area contributed by atoms with Gasteiger partial charge in [0.2, 0.25) is 0 Å². The average Bonchev–Trinajstić information content (AvgIpc) is 2.51. The molecule has 0 unspecified atom stereocenters. The first-order chi connectivity index (χ1) is 9.40. The number of carbonyl (C=O) groups is 1. The lowest BCUT2D eigenvalue weighted by Gasteiger charge is -2.28. The Morgan fingerprint density at radius 1 is 1.16 bits per heavy atom. The van der Waals surface area contributed by atoms with Crippen molar-refractivity contribution in [3.05, 3.63) is 29.8 Å². The van der Waals surface area contributed by atoms with Crippen LogP contribution in [-0.2, 0) is 16.0 Å². The molecule has 106 valence electrons. The van der Waals surface area contributed by atoms with Crippen molar-refractivity contribution in [2.24, 2.45) is 0 Å². The van der Waals surface area contributed by atoms with Crippen LogP contribution in [0, 0.1) is 0 Å². The van der Waals surface area contributed by atoms with Crippen LogP contribution < -0.4 is 4.90 Å². The molecule has 1 aromatic rings. The van der Waals surface area contributed by atoms with Gasteiger partial charge in [-0.3, -0.25) is 0 Å². The number of ether oxygens (including phenoxy) is 1. The lowest BCUT2D eigenvalue weighted by Crippen LogP contribution is -2.36. The number of hydrogen-bond acceptors (Lipinski definition) is 3. The highest BCUT2D eigenvalue weighted by Gasteiger charge is 2.10. The van der Waals surface area contributed by atoms with E-state index in [4.69, 9.17) is 4.74 Å². The van der Waals surface area contributed by atoms with Crippen molar-refractivity contribution in [1.29, 1.82) is 0 Å². The van der Waals surface area contributed by atoms with E-state index in [9.17, 15) is 4.79 Å². The summed E-state index contributed by atoms with van der Waals surface area (Å²) in [5.41, 5.74) is 2.58. The lowest BCUT2D eigenvalue weighted by molar-refractivity contribution is -0.107. The van der Waals surface area contributed by atoms with Crippen molar-refractivity contribution in [1.82, 2.24) is 0 Å². The molecular weight excluding hydrogens is 238 g/mol. The minimum atomic E-state index is 0.658. The molecule has 0 atom stereocenters. The second kappa shape index (κ2) is 9.56. The first-order valence-electron chi connectivity index (χ1n) is 7.25. The van der Waals surface area contributed by atoms with E-state index >= 15 is 0 Å². The molecule has 1 aromatic carbocycles. The maximum Gasteiger partial charge on any atom is 0.120 e. The molecular formula is C16H25NO2. The maximum atomic E-state index is 10.2. The molecule has 0 saturated carbocycles. The van der Waals surface area contributed by atoms with E-state index in [1.807, 2.05) is 13.8 Å². The Hall–Kier alpha value is -1.35. The molecule has 0 aliphatic carbocycles. The van der Waals surface area contributed by atoms with Crippen LogP contribution in [0.2, 0.25) is 0 Å². The van der Waals surface area contributed by atoms with Gasteiger partial charge in [-0.15, -0.1) is 0 Å². The molecule has 1 aliphatic heterocycles. The topological polar surface area (TPSA) is 29.5 Å². The number of aryl methyl sites for hydroxylation is 1. The lowest BCUT2D eigenvalue weighted by atomic mass is 10.1. The van der Waals surface area contributed by atoms with Crippen molar-refractivity contribution in [2.75, 3.05) is 31.2 Å². The molecule has 1 saturated heterocycles. The average molecular weight is 263 g/mol. The van der Waals surface area contributed by atoms with E-state index in [2.05, 4.69) is 29.2 Å². The Balaban J connectivity index is 0.000000861. The van der Waals surface area contributed by atoms with Crippen molar-refractivity contribution in [2.45, 2.75) is 33.1 Å². The van der Waals surface area contributed by atoms with Gasteiger partial charge >= 0.3 is 0 Å². The Labute approximate surface area is 116 Å². The molecule has 0 spiro atoms. The zero-order valence-electron chi connectivity index (χ0n) is 12.1. The summed E-state index contributed by atoms with van der Waals surface area (Å²) in [7, 11) is 0. The van der Waals surface area contributed by atoms with Crippen LogP contribution in [0.4, 0.5) is 5.69 Å². The highest BCUT2D eigenvalue weighted by molar-refractivity contribution is 5.50. The predicted octanol–water partition coefficient (Wildman–Crippen LogP) is 3.07. The number of nitrogens with zero attached hydrogens (tertiary/aromatic N) is 1. The second-order valence-electron chi connectivity index (χ2n) is 4.32. The molecule has 3 heteroatoms. The van der Waals surface area contributed by atoms with Gasteiger partial charge in [-0.25, -0.2) is 0 Å². The minimum Gasteiger partial charge on any atom is -0.378 e. The normalized spacial score (nSPS) is 14.5. The number of unbranched alkanes of at least 4 members (excludes halogenated alkanes) is 1. The number of aldehydes is 1.